The zero-order valence-corrected chi connectivity index (χ0v) is 32.1. The normalized spacial score (nSPS) is 25.9. The minimum Gasteiger partial charge on any atom is -0.444 e. The van der Waals surface area contributed by atoms with Crippen LogP contribution in [0.3, 0.4) is 0 Å². The Bertz CT molecular complexity index is 2010. The van der Waals surface area contributed by atoms with Gasteiger partial charge in [0.15, 0.2) is 12.0 Å². The van der Waals surface area contributed by atoms with Gasteiger partial charge in [-0.25, -0.2) is 13.6 Å². The first-order valence-electron chi connectivity index (χ1n) is 18.5. The molecule has 0 aliphatic carbocycles. The maximum atomic E-state index is 14.9. The largest absolute Gasteiger partial charge is 0.444 e. The van der Waals surface area contributed by atoms with Gasteiger partial charge in [0.2, 0.25) is 11.8 Å². The molecule has 3 aliphatic rings. The second kappa shape index (κ2) is 16.8. The summed E-state index contributed by atoms with van der Waals surface area (Å²) in [6, 6.07) is 9.20. The van der Waals surface area contributed by atoms with E-state index in [9.17, 15) is 38.5 Å². The lowest BCUT2D eigenvalue weighted by Crippen LogP contribution is -2.66. The number of rotatable bonds is 6. The number of nitrogens with zero attached hydrogens (tertiary/aromatic N) is 2. The second-order valence-electron chi connectivity index (χ2n) is 15.3. The Balaban J connectivity index is 1.32. The Morgan fingerprint density at radius 3 is 2.59 bits per heavy atom. The number of aliphatic hydroxyl groups excluding tert-OH is 3. The molecule has 2 bridgehead atoms. The van der Waals surface area contributed by atoms with Crippen LogP contribution in [-0.4, -0.2) is 92.4 Å². The number of fused-ring (bicyclic) bond motifs is 4. The molecule has 300 valence electrons. The molecular weight excluding hydrogens is 752 g/mol. The van der Waals surface area contributed by atoms with Crippen LogP contribution in [0.25, 0.3) is 16.7 Å². The van der Waals surface area contributed by atoms with Gasteiger partial charge in [-0.3, -0.25) is 14.6 Å². The summed E-state index contributed by atoms with van der Waals surface area (Å²) in [5, 5.41) is 39.9. The number of amides is 3. The second-order valence-corrected chi connectivity index (χ2v) is 15.7. The highest BCUT2D eigenvalue weighted by atomic mass is 35.5. The Morgan fingerprint density at radius 1 is 1.11 bits per heavy atom. The summed E-state index contributed by atoms with van der Waals surface area (Å²) in [4.78, 5) is 46.3. The van der Waals surface area contributed by atoms with Gasteiger partial charge in [-0.05, 0) is 87.6 Å². The molecule has 1 fully saturated rings. The third kappa shape index (κ3) is 8.97. The van der Waals surface area contributed by atoms with Gasteiger partial charge in [0.25, 0.3) is 0 Å². The summed E-state index contributed by atoms with van der Waals surface area (Å²) < 4.78 is 40.9. The average molecular weight is 798 g/mol. The molecule has 13 nitrogen and oxygen atoms in total. The molecule has 7 atom stereocenters. The van der Waals surface area contributed by atoms with Crippen LogP contribution in [0, 0.1) is 17.6 Å². The lowest BCUT2D eigenvalue weighted by molar-refractivity contribution is -0.186. The molecule has 1 saturated heterocycles. The maximum Gasteiger partial charge on any atom is 0.408 e. The van der Waals surface area contributed by atoms with E-state index in [1.54, 1.807) is 63.1 Å². The van der Waals surface area contributed by atoms with Gasteiger partial charge in [0.1, 0.15) is 35.8 Å². The van der Waals surface area contributed by atoms with E-state index in [4.69, 9.17) is 21.1 Å². The summed E-state index contributed by atoms with van der Waals surface area (Å²) in [6.07, 6.45) is -1.71. The number of aromatic nitrogens is 1. The predicted molar refractivity (Wildman–Crippen MR) is 204 cm³/mol. The first-order chi connectivity index (χ1) is 26.5. The molecule has 6 rings (SSSR count). The molecule has 0 saturated carbocycles. The van der Waals surface area contributed by atoms with Gasteiger partial charge < -0.3 is 45.6 Å². The smallest absolute Gasteiger partial charge is 0.408 e. The molecule has 3 amide bonds. The van der Waals surface area contributed by atoms with Crippen molar-refractivity contribution in [1.82, 2.24) is 15.2 Å². The van der Waals surface area contributed by atoms with Gasteiger partial charge in [0, 0.05) is 36.0 Å². The molecule has 3 aromatic rings. The van der Waals surface area contributed by atoms with Crippen molar-refractivity contribution in [3.05, 3.63) is 82.7 Å². The van der Waals surface area contributed by atoms with E-state index in [0.29, 0.717) is 47.5 Å². The molecule has 2 aromatic carbocycles. The molecule has 56 heavy (non-hydrogen) atoms. The summed E-state index contributed by atoms with van der Waals surface area (Å²) in [6.45, 7) is 6.39. The quantitative estimate of drug-likeness (QED) is 0.173. The Labute approximate surface area is 328 Å². The molecule has 1 aromatic heterocycles. The van der Waals surface area contributed by atoms with Crippen LogP contribution in [0.15, 0.2) is 54.7 Å². The van der Waals surface area contributed by atoms with E-state index in [1.165, 1.54) is 6.08 Å². The number of aliphatic hydroxyl groups is 3. The summed E-state index contributed by atoms with van der Waals surface area (Å²) in [7, 11) is 0. The van der Waals surface area contributed by atoms with Gasteiger partial charge in [-0.15, -0.1) is 0 Å². The zero-order chi connectivity index (χ0) is 40.5. The van der Waals surface area contributed by atoms with Gasteiger partial charge in [0.05, 0.1) is 34.6 Å². The average Bonchev–Trinajstić information content (AvgIpc) is 3.14. The molecule has 3 aliphatic heterocycles. The molecular formula is C40H46ClF2N5O8. The molecule has 4 heterocycles. The van der Waals surface area contributed by atoms with E-state index in [2.05, 4.69) is 20.9 Å². The Kier molecular flexibility index (Phi) is 12.3. The number of alkyl carbamates (subject to hydrolysis) is 1. The predicted octanol–water partition coefficient (Wildman–Crippen LogP) is 5.54. The molecule has 6 N–H and O–H groups in total. The molecule has 1 unspecified atom stereocenters. The number of anilines is 2. The van der Waals surface area contributed by atoms with Crippen molar-refractivity contribution < 1.29 is 48.0 Å². The van der Waals surface area contributed by atoms with E-state index < -0.39 is 78.4 Å². The van der Waals surface area contributed by atoms with E-state index in [0.717, 1.165) is 12.1 Å². The van der Waals surface area contributed by atoms with Crippen LogP contribution >= 0.6 is 11.6 Å². The van der Waals surface area contributed by atoms with Crippen molar-refractivity contribution in [2.75, 3.05) is 23.8 Å². The number of nitrogens with one attached hydrogen (secondary N) is 3. The summed E-state index contributed by atoms with van der Waals surface area (Å²) in [5.74, 6) is -2.84. The standard InChI is InChI=1S/C40H46ClF2N5O8/c1-20-6-5-7-29(48-15-13-22(17-31(48)50)32-26(42)11-10-25(41)33(32)43)28-16-21(12-14-44-28)24-9-8-23(18-27(24)46-37(20)53)45-38-34(47-39(54)56-40(2,3)4)36(52)35(51)30(19-49)55-38/h8-12,14,16-18,20,29-30,34-36,38,45,49,51-52H,5-7,13,15,19H2,1-4H3,(H,46,53)(H,47,54)/t20-,29+,30-,34-,35-,36+,38?/m1/s1. The minimum absolute atomic E-state index is 0.171. The summed E-state index contributed by atoms with van der Waals surface area (Å²) >= 11 is 5.93. The molecule has 16 heteroatoms. The van der Waals surface area contributed by atoms with Gasteiger partial charge in [-0.2, -0.15) is 0 Å². The monoisotopic (exact) mass is 797 g/mol. The highest BCUT2D eigenvalue weighted by Gasteiger charge is 2.45. The fourth-order valence-corrected chi connectivity index (χ4v) is 7.40. The minimum atomic E-state index is -1.55. The van der Waals surface area contributed by atoms with Crippen molar-refractivity contribution in [2.45, 2.75) is 95.6 Å². The van der Waals surface area contributed by atoms with Crippen molar-refractivity contribution in [2.24, 2.45) is 5.92 Å². The Hall–Kier alpha value is -4.67. The van der Waals surface area contributed by atoms with Crippen LogP contribution in [0.5, 0.6) is 0 Å². The van der Waals surface area contributed by atoms with Crippen LogP contribution < -0.4 is 16.0 Å². The number of carbonyl (C=O) groups excluding carboxylic acids is 3. The first kappa shape index (κ1) is 41.0. The van der Waals surface area contributed by atoms with E-state index in [1.807, 2.05) is 6.07 Å². The van der Waals surface area contributed by atoms with Crippen molar-refractivity contribution in [3.8, 4) is 11.1 Å². The summed E-state index contributed by atoms with van der Waals surface area (Å²) in [5.41, 5.74) is 1.76. The van der Waals surface area contributed by atoms with Crippen LogP contribution in [0.1, 0.15) is 70.7 Å². The van der Waals surface area contributed by atoms with Crippen molar-refractivity contribution >= 4 is 46.5 Å². The number of carbonyl (C=O) groups is 3. The third-order valence-electron chi connectivity index (χ3n) is 10.1. The number of pyridine rings is 1. The SMILES string of the molecule is C[C@@H]1CCC[C@H](N2CCC(c3c(F)ccc(Cl)c3F)=CC2=O)c2cc(ccn2)-c2ccc(NC3O[C@H](CO)[C@@H](O)[C@@H](O)[C@H]3NC(=O)OC(C)(C)C)cc2NC1=O. The lowest BCUT2D eigenvalue weighted by Gasteiger charge is -2.43. The van der Waals surface area contributed by atoms with Crippen molar-refractivity contribution in [3.63, 3.8) is 0 Å². The van der Waals surface area contributed by atoms with E-state index in [-0.39, 0.29) is 35.0 Å². The highest BCUT2D eigenvalue weighted by molar-refractivity contribution is 6.31. The topological polar surface area (TPSA) is 183 Å². The van der Waals surface area contributed by atoms with Gasteiger partial charge >= 0.3 is 6.09 Å². The third-order valence-corrected chi connectivity index (χ3v) is 10.4. The van der Waals surface area contributed by atoms with Crippen LogP contribution in [-0.2, 0) is 19.1 Å². The maximum absolute atomic E-state index is 14.9. The number of halogens is 3. The fraction of sp³-hybridized carbons (Fsp3) is 0.450. The van der Waals surface area contributed by atoms with Gasteiger partial charge in [-0.1, -0.05) is 31.0 Å². The highest BCUT2D eigenvalue weighted by Crippen LogP contribution is 2.38. The fourth-order valence-electron chi connectivity index (χ4n) is 7.25. The number of benzene rings is 2. The van der Waals surface area contributed by atoms with Crippen LogP contribution in [0.2, 0.25) is 5.02 Å². The van der Waals surface area contributed by atoms with Crippen LogP contribution in [0.4, 0.5) is 25.0 Å². The van der Waals surface area contributed by atoms with Crippen molar-refractivity contribution in [1.29, 1.82) is 0 Å². The zero-order valence-electron chi connectivity index (χ0n) is 31.4. The number of hydrogen-bond donors (Lipinski definition) is 6. The van der Waals surface area contributed by atoms with E-state index >= 15 is 0 Å². The Morgan fingerprint density at radius 2 is 1.88 bits per heavy atom. The first-order valence-corrected chi connectivity index (χ1v) is 18.9. The number of ether oxygens (including phenoxy) is 2. The molecule has 0 spiro atoms. The molecule has 0 radical (unpaired) electrons. The number of hydrogen-bond acceptors (Lipinski definition) is 10. The lowest BCUT2D eigenvalue weighted by atomic mass is 9.92.